The zero-order valence-electron chi connectivity index (χ0n) is 23.5. The van der Waals surface area contributed by atoms with Crippen LogP contribution in [0.5, 0.6) is 0 Å². The second kappa shape index (κ2) is 9.66. The van der Waals surface area contributed by atoms with Gasteiger partial charge < -0.3 is 14.8 Å². The van der Waals surface area contributed by atoms with Gasteiger partial charge in [-0.2, -0.15) is 0 Å². The monoisotopic (exact) mass is 499 g/mol. The smallest absolute Gasteiger partial charge is 0.302 e. The standard InChI is InChI=1S/C31H49NO4/c1-18(17-32-20(3)33)7-10-27-19(2)29-28(36-27)16-26-24-9-8-22-15-23(35-21(4)34)11-13-30(22,5)25(24)12-14-31(26,29)6/h18,22-26,28-29H,7-17H2,1-6H3,(H,32,33)/t18-,22+,23+,24-,25+,26+,28-,29+,30+,31+/m1/s1. The van der Waals surface area contributed by atoms with Crippen LogP contribution in [-0.4, -0.2) is 30.6 Å². The van der Waals surface area contributed by atoms with Crippen LogP contribution in [0.4, 0.5) is 0 Å². The number of rotatable bonds is 6. The van der Waals surface area contributed by atoms with Crippen molar-refractivity contribution >= 4 is 11.9 Å². The summed E-state index contributed by atoms with van der Waals surface area (Å²) in [5.74, 6) is 5.32. The highest BCUT2D eigenvalue weighted by Gasteiger charge is 2.64. The van der Waals surface area contributed by atoms with Gasteiger partial charge in [-0.3, -0.25) is 9.59 Å². The van der Waals surface area contributed by atoms with Crippen molar-refractivity contribution in [3.8, 4) is 0 Å². The van der Waals surface area contributed by atoms with Gasteiger partial charge in [-0.15, -0.1) is 0 Å². The molecule has 4 saturated carbocycles. The Morgan fingerprint density at radius 2 is 1.81 bits per heavy atom. The number of amides is 1. The molecule has 10 atom stereocenters. The molecule has 1 N–H and O–H groups in total. The molecular formula is C31H49NO4. The Morgan fingerprint density at radius 3 is 2.53 bits per heavy atom. The van der Waals surface area contributed by atoms with Gasteiger partial charge in [0.05, 0.1) is 5.76 Å². The molecule has 4 fully saturated rings. The number of carbonyl (C=O) groups is 2. The summed E-state index contributed by atoms with van der Waals surface area (Å²) in [6, 6.07) is 0. The van der Waals surface area contributed by atoms with E-state index < -0.39 is 0 Å². The van der Waals surface area contributed by atoms with E-state index >= 15 is 0 Å². The highest BCUT2D eigenvalue weighted by atomic mass is 16.5. The first-order valence-corrected chi connectivity index (χ1v) is 14.8. The summed E-state index contributed by atoms with van der Waals surface area (Å²) < 4.78 is 12.4. The topological polar surface area (TPSA) is 64.6 Å². The number of carbonyl (C=O) groups excluding carboxylic acids is 2. The molecular weight excluding hydrogens is 450 g/mol. The van der Waals surface area contributed by atoms with Crippen molar-refractivity contribution in [2.75, 3.05) is 6.54 Å². The summed E-state index contributed by atoms with van der Waals surface area (Å²) in [5, 5.41) is 2.96. The van der Waals surface area contributed by atoms with Crippen LogP contribution in [0.2, 0.25) is 0 Å². The van der Waals surface area contributed by atoms with Crippen molar-refractivity contribution < 1.29 is 19.1 Å². The third-order valence-electron chi connectivity index (χ3n) is 11.7. The number of ether oxygens (including phenoxy) is 2. The van der Waals surface area contributed by atoms with E-state index in [9.17, 15) is 9.59 Å². The summed E-state index contributed by atoms with van der Waals surface area (Å²) >= 11 is 0. The first kappa shape index (κ1) is 26.1. The quantitative estimate of drug-likeness (QED) is 0.429. The van der Waals surface area contributed by atoms with Crippen molar-refractivity contribution in [2.24, 2.45) is 46.3 Å². The summed E-state index contributed by atoms with van der Waals surface area (Å²) in [7, 11) is 0. The van der Waals surface area contributed by atoms with E-state index in [2.05, 4.69) is 33.0 Å². The molecule has 1 heterocycles. The lowest BCUT2D eigenvalue weighted by molar-refractivity contribution is -0.159. The minimum absolute atomic E-state index is 0.0544. The normalized spacial score (nSPS) is 44.0. The third kappa shape index (κ3) is 4.41. The van der Waals surface area contributed by atoms with E-state index in [1.54, 1.807) is 13.8 Å². The molecule has 0 aromatic carbocycles. The Hall–Kier alpha value is -1.52. The molecule has 0 aromatic rings. The third-order valence-corrected chi connectivity index (χ3v) is 11.7. The Balaban J connectivity index is 1.26. The fourth-order valence-corrected chi connectivity index (χ4v) is 9.94. The van der Waals surface area contributed by atoms with Gasteiger partial charge in [0.2, 0.25) is 5.91 Å². The second-order valence-corrected chi connectivity index (χ2v) is 13.8. The Labute approximate surface area is 218 Å². The van der Waals surface area contributed by atoms with Gasteiger partial charge in [0.1, 0.15) is 12.2 Å². The highest BCUT2D eigenvalue weighted by Crippen LogP contribution is 2.69. The average Bonchev–Trinajstić information content (AvgIpc) is 3.29. The maximum absolute atomic E-state index is 11.6. The van der Waals surface area contributed by atoms with Gasteiger partial charge in [-0.25, -0.2) is 0 Å². The highest BCUT2D eigenvalue weighted by molar-refractivity contribution is 5.72. The minimum Gasteiger partial charge on any atom is -0.494 e. The lowest BCUT2D eigenvalue weighted by Crippen LogP contribution is -2.54. The first-order valence-electron chi connectivity index (χ1n) is 14.8. The van der Waals surface area contributed by atoms with Gasteiger partial charge in [-0.05, 0) is 111 Å². The number of hydrogen-bond acceptors (Lipinski definition) is 4. The van der Waals surface area contributed by atoms with E-state index in [1.807, 2.05) is 0 Å². The van der Waals surface area contributed by atoms with Crippen molar-refractivity contribution in [3.05, 3.63) is 11.3 Å². The van der Waals surface area contributed by atoms with Crippen LogP contribution in [0.3, 0.4) is 0 Å². The molecule has 4 aliphatic carbocycles. The van der Waals surface area contributed by atoms with Gasteiger partial charge >= 0.3 is 5.97 Å². The lowest BCUT2D eigenvalue weighted by Gasteiger charge is -2.61. The van der Waals surface area contributed by atoms with E-state index in [0.717, 1.165) is 50.0 Å². The Kier molecular flexibility index (Phi) is 7.00. The fraction of sp³-hybridized carbons (Fsp3) is 0.871. The first-order chi connectivity index (χ1) is 17.0. The molecule has 0 radical (unpaired) electrons. The fourth-order valence-electron chi connectivity index (χ4n) is 9.94. The van der Waals surface area contributed by atoms with Crippen LogP contribution >= 0.6 is 0 Å². The van der Waals surface area contributed by atoms with E-state index in [-0.39, 0.29) is 18.0 Å². The predicted molar refractivity (Wildman–Crippen MR) is 141 cm³/mol. The summed E-state index contributed by atoms with van der Waals surface area (Å²) in [6.45, 7) is 13.6. The average molecular weight is 500 g/mol. The zero-order valence-corrected chi connectivity index (χ0v) is 23.5. The second-order valence-electron chi connectivity index (χ2n) is 13.8. The molecule has 36 heavy (non-hydrogen) atoms. The van der Waals surface area contributed by atoms with Crippen LogP contribution in [0.25, 0.3) is 0 Å². The molecule has 0 spiro atoms. The van der Waals surface area contributed by atoms with Crippen molar-refractivity contribution in [2.45, 2.75) is 118 Å². The minimum atomic E-state index is -0.117. The van der Waals surface area contributed by atoms with Crippen molar-refractivity contribution in [1.82, 2.24) is 5.32 Å². The van der Waals surface area contributed by atoms with Crippen molar-refractivity contribution in [1.29, 1.82) is 0 Å². The van der Waals surface area contributed by atoms with Crippen LogP contribution in [0, 0.1) is 46.3 Å². The number of nitrogens with one attached hydrogen (secondary N) is 1. The number of hydrogen-bond donors (Lipinski definition) is 1. The van der Waals surface area contributed by atoms with E-state index in [4.69, 9.17) is 9.47 Å². The molecule has 1 amide bonds. The van der Waals surface area contributed by atoms with Gasteiger partial charge in [-0.1, -0.05) is 20.8 Å². The molecule has 5 rings (SSSR count). The lowest BCUT2D eigenvalue weighted by atomic mass is 9.44. The Bertz CT molecular complexity index is 912. The van der Waals surface area contributed by atoms with E-state index in [1.165, 1.54) is 49.9 Å². The molecule has 5 nitrogen and oxygen atoms in total. The van der Waals surface area contributed by atoms with Gasteiger partial charge in [0.25, 0.3) is 0 Å². The summed E-state index contributed by atoms with van der Waals surface area (Å²) in [4.78, 5) is 22.8. The van der Waals surface area contributed by atoms with Crippen molar-refractivity contribution in [3.63, 3.8) is 0 Å². The molecule has 0 unspecified atom stereocenters. The van der Waals surface area contributed by atoms with Crippen LogP contribution in [0.1, 0.15) is 106 Å². The molecule has 202 valence electrons. The molecule has 0 saturated heterocycles. The van der Waals surface area contributed by atoms with Crippen LogP contribution < -0.4 is 5.32 Å². The molecule has 0 bridgehead atoms. The zero-order chi connectivity index (χ0) is 25.8. The summed E-state index contributed by atoms with van der Waals surface area (Å²) in [5.41, 5.74) is 2.29. The number of esters is 1. The SMILES string of the molecule is CC(=O)NC[C@H](C)CCC1=C(C)[C@H]2[C@@H](C[C@H]3[C@@H]4CC[C@H]5C[C@@H](OC(C)=O)CC[C@]5(C)[C@H]4CC[C@@]32C)O1. The molecule has 1 aliphatic heterocycles. The van der Waals surface area contributed by atoms with Crippen LogP contribution in [-0.2, 0) is 19.1 Å². The van der Waals surface area contributed by atoms with Gasteiger partial charge in [0, 0.05) is 32.7 Å². The predicted octanol–water partition coefficient (Wildman–Crippen LogP) is 6.41. The molecule has 5 aliphatic rings. The van der Waals surface area contributed by atoms with Crippen LogP contribution in [0.15, 0.2) is 11.3 Å². The number of allylic oxidation sites excluding steroid dienone is 1. The molecule has 0 aromatic heterocycles. The largest absolute Gasteiger partial charge is 0.494 e. The summed E-state index contributed by atoms with van der Waals surface area (Å²) in [6.07, 6.45) is 12.4. The maximum atomic E-state index is 11.6. The maximum Gasteiger partial charge on any atom is 0.302 e. The van der Waals surface area contributed by atoms with Gasteiger partial charge in [0.15, 0.2) is 0 Å². The van der Waals surface area contributed by atoms with E-state index in [0.29, 0.717) is 34.7 Å². The Morgan fingerprint density at radius 1 is 1.06 bits per heavy atom. The number of fused-ring (bicyclic) bond motifs is 7. The molecule has 5 heteroatoms.